The third-order valence-electron chi connectivity index (χ3n) is 1.98. The van der Waals surface area contributed by atoms with Gasteiger partial charge in [-0.15, -0.1) is 10.2 Å². The molecule has 0 fully saturated rings. The zero-order valence-corrected chi connectivity index (χ0v) is 9.86. The zero-order chi connectivity index (χ0) is 12.3. The third kappa shape index (κ3) is 2.66. The van der Waals surface area contributed by atoms with Crippen molar-refractivity contribution in [1.82, 2.24) is 15.5 Å². The van der Waals surface area contributed by atoms with Crippen molar-refractivity contribution in [2.75, 3.05) is 6.54 Å². The molecule has 0 amide bonds. The van der Waals surface area contributed by atoms with E-state index in [0.29, 0.717) is 17.3 Å². The molecular formula is C9H10N4O3S. The third-order valence-corrected chi connectivity index (χ3v) is 2.91. The lowest BCUT2D eigenvalue weighted by atomic mass is 10.5. The fourth-order valence-corrected chi connectivity index (χ4v) is 1.97. The normalized spacial score (nSPS) is 10.6. The van der Waals surface area contributed by atoms with Crippen molar-refractivity contribution in [2.45, 2.75) is 13.5 Å². The minimum atomic E-state index is -0.579. The molecule has 0 aromatic carbocycles. The van der Waals surface area contributed by atoms with Gasteiger partial charge in [-0.3, -0.25) is 10.1 Å². The lowest BCUT2D eigenvalue weighted by molar-refractivity contribution is -0.401. The Labute approximate surface area is 101 Å². The summed E-state index contributed by atoms with van der Waals surface area (Å²) in [4.78, 5) is 9.88. The summed E-state index contributed by atoms with van der Waals surface area (Å²) >= 11 is 1.35. The van der Waals surface area contributed by atoms with Crippen LogP contribution in [0.2, 0.25) is 0 Å². The van der Waals surface area contributed by atoms with Gasteiger partial charge in [0.05, 0.1) is 6.07 Å². The molecule has 2 rings (SSSR count). The first-order valence-corrected chi connectivity index (χ1v) is 5.80. The average Bonchev–Trinajstić information content (AvgIpc) is 2.94. The molecule has 0 spiro atoms. The SMILES string of the molecule is CCNCc1nnc(-c2ccc([N+](=O)[O-])o2)s1. The number of aromatic nitrogens is 2. The standard InChI is InChI=1S/C9H10N4O3S/c1-2-10-5-7-11-12-9(17-7)6-3-4-8(16-6)13(14)15/h3-4,10H,2,5H2,1H3. The van der Waals surface area contributed by atoms with Crippen LogP contribution < -0.4 is 5.32 Å². The molecule has 0 aliphatic rings. The number of hydrogen-bond acceptors (Lipinski definition) is 7. The molecule has 0 unspecified atom stereocenters. The van der Waals surface area contributed by atoms with Gasteiger partial charge in [-0.1, -0.05) is 18.3 Å². The molecule has 2 aromatic rings. The summed E-state index contributed by atoms with van der Waals surface area (Å²) in [6, 6.07) is 2.83. The Balaban J connectivity index is 2.15. The van der Waals surface area contributed by atoms with E-state index >= 15 is 0 Å². The minimum Gasteiger partial charge on any atom is -0.398 e. The van der Waals surface area contributed by atoms with Gasteiger partial charge in [0.2, 0.25) is 0 Å². The summed E-state index contributed by atoms with van der Waals surface area (Å²) in [6.07, 6.45) is 0. The summed E-state index contributed by atoms with van der Waals surface area (Å²) < 4.78 is 5.04. The van der Waals surface area contributed by atoms with E-state index in [9.17, 15) is 10.1 Å². The van der Waals surface area contributed by atoms with Crippen LogP contribution in [0.15, 0.2) is 16.5 Å². The number of nitrogens with zero attached hydrogens (tertiary/aromatic N) is 3. The predicted octanol–water partition coefficient (Wildman–Crippen LogP) is 1.82. The Kier molecular flexibility index (Phi) is 3.45. The van der Waals surface area contributed by atoms with E-state index < -0.39 is 4.92 Å². The monoisotopic (exact) mass is 254 g/mol. The summed E-state index contributed by atoms with van der Waals surface area (Å²) in [7, 11) is 0. The molecule has 2 aromatic heterocycles. The molecule has 0 saturated heterocycles. The Bertz CT molecular complexity index is 522. The highest BCUT2D eigenvalue weighted by molar-refractivity contribution is 7.14. The van der Waals surface area contributed by atoms with Gasteiger partial charge in [0, 0.05) is 6.54 Å². The molecule has 1 N–H and O–H groups in total. The highest BCUT2D eigenvalue weighted by atomic mass is 32.1. The van der Waals surface area contributed by atoms with E-state index in [2.05, 4.69) is 15.5 Å². The van der Waals surface area contributed by atoms with Crippen LogP contribution in [0.5, 0.6) is 0 Å². The topological polar surface area (TPSA) is 94.1 Å². The molecule has 2 heterocycles. The fourth-order valence-electron chi connectivity index (χ4n) is 1.20. The zero-order valence-electron chi connectivity index (χ0n) is 9.04. The van der Waals surface area contributed by atoms with Gasteiger partial charge in [0.1, 0.15) is 9.93 Å². The van der Waals surface area contributed by atoms with E-state index in [1.54, 1.807) is 0 Å². The molecule has 90 valence electrons. The number of furan rings is 1. The highest BCUT2D eigenvalue weighted by Crippen LogP contribution is 2.28. The lowest BCUT2D eigenvalue weighted by Gasteiger charge is -1.93. The summed E-state index contributed by atoms with van der Waals surface area (Å²) in [5.74, 6) is 0.0837. The Hall–Kier alpha value is -1.80. The molecule has 0 aliphatic heterocycles. The van der Waals surface area contributed by atoms with Crippen LogP contribution in [-0.2, 0) is 6.54 Å². The van der Waals surface area contributed by atoms with E-state index in [1.807, 2.05) is 6.92 Å². The number of hydrogen-bond donors (Lipinski definition) is 1. The summed E-state index contributed by atoms with van der Waals surface area (Å²) in [5.41, 5.74) is 0. The fraction of sp³-hybridized carbons (Fsp3) is 0.333. The van der Waals surface area contributed by atoms with Crippen LogP contribution in [0.4, 0.5) is 5.88 Å². The highest BCUT2D eigenvalue weighted by Gasteiger charge is 2.16. The number of rotatable bonds is 5. The molecule has 17 heavy (non-hydrogen) atoms. The molecular weight excluding hydrogens is 244 g/mol. The van der Waals surface area contributed by atoms with Crippen LogP contribution >= 0.6 is 11.3 Å². The molecule has 0 bridgehead atoms. The van der Waals surface area contributed by atoms with Gasteiger partial charge in [0.25, 0.3) is 0 Å². The molecule has 0 atom stereocenters. The average molecular weight is 254 g/mol. The maximum Gasteiger partial charge on any atom is 0.433 e. The molecule has 0 radical (unpaired) electrons. The number of nitro groups is 1. The second-order valence-corrected chi connectivity index (χ2v) is 4.24. The van der Waals surface area contributed by atoms with Crippen LogP contribution in [0, 0.1) is 10.1 Å². The predicted molar refractivity (Wildman–Crippen MR) is 61.6 cm³/mol. The first-order valence-electron chi connectivity index (χ1n) is 4.98. The second-order valence-electron chi connectivity index (χ2n) is 3.18. The number of nitrogens with one attached hydrogen (secondary N) is 1. The van der Waals surface area contributed by atoms with E-state index in [-0.39, 0.29) is 5.88 Å². The second kappa shape index (κ2) is 5.02. The Morgan fingerprint density at radius 3 is 3.00 bits per heavy atom. The summed E-state index contributed by atoms with van der Waals surface area (Å²) in [5, 5.41) is 22.8. The molecule has 8 heteroatoms. The largest absolute Gasteiger partial charge is 0.433 e. The van der Waals surface area contributed by atoms with Gasteiger partial charge in [-0.25, -0.2) is 0 Å². The first-order chi connectivity index (χ1) is 8.20. The van der Waals surface area contributed by atoms with Gasteiger partial charge in [0.15, 0.2) is 10.8 Å². The van der Waals surface area contributed by atoms with E-state index in [0.717, 1.165) is 11.6 Å². The van der Waals surface area contributed by atoms with Crippen molar-refractivity contribution in [3.05, 3.63) is 27.3 Å². The molecule has 0 aliphatic carbocycles. The van der Waals surface area contributed by atoms with Crippen LogP contribution in [0.25, 0.3) is 10.8 Å². The van der Waals surface area contributed by atoms with Gasteiger partial charge in [-0.05, 0) is 12.6 Å². The van der Waals surface area contributed by atoms with Crippen LogP contribution in [-0.4, -0.2) is 21.7 Å². The van der Waals surface area contributed by atoms with Gasteiger partial charge < -0.3 is 9.73 Å². The van der Waals surface area contributed by atoms with Crippen molar-refractivity contribution < 1.29 is 9.34 Å². The Morgan fingerprint density at radius 1 is 1.53 bits per heavy atom. The maximum atomic E-state index is 10.5. The lowest BCUT2D eigenvalue weighted by Crippen LogP contribution is -2.11. The van der Waals surface area contributed by atoms with Gasteiger partial charge >= 0.3 is 5.88 Å². The quantitative estimate of drug-likeness (QED) is 0.646. The smallest absolute Gasteiger partial charge is 0.398 e. The first kappa shape index (κ1) is 11.7. The van der Waals surface area contributed by atoms with E-state index in [4.69, 9.17) is 4.42 Å². The Morgan fingerprint density at radius 2 is 2.35 bits per heavy atom. The maximum absolute atomic E-state index is 10.5. The van der Waals surface area contributed by atoms with Crippen molar-refractivity contribution in [3.8, 4) is 10.8 Å². The molecule has 0 saturated carbocycles. The van der Waals surface area contributed by atoms with Crippen LogP contribution in [0.1, 0.15) is 11.9 Å². The molecule has 7 nitrogen and oxygen atoms in total. The van der Waals surface area contributed by atoms with Crippen LogP contribution in [0.3, 0.4) is 0 Å². The van der Waals surface area contributed by atoms with Crippen molar-refractivity contribution in [2.24, 2.45) is 0 Å². The van der Waals surface area contributed by atoms with Crippen molar-refractivity contribution in [3.63, 3.8) is 0 Å². The van der Waals surface area contributed by atoms with E-state index in [1.165, 1.54) is 23.5 Å². The minimum absolute atomic E-state index is 0.288. The van der Waals surface area contributed by atoms with Gasteiger partial charge in [-0.2, -0.15) is 0 Å². The van der Waals surface area contributed by atoms with Crippen molar-refractivity contribution in [1.29, 1.82) is 0 Å². The summed E-state index contributed by atoms with van der Waals surface area (Å²) in [6.45, 7) is 3.48. The van der Waals surface area contributed by atoms with Crippen molar-refractivity contribution >= 4 is 17.2 Å².